The normalized spacial score (nSPS) is 11.0. The molecule has 1 amide bonds. The molecule has 0 aliphatic carbocycles. The largest absolute Gasteiger partial charge is 0.479 e. The summed E-state index contributed by atoms with van der Waals surface area (Å²) in [4.78, 5) is 21.8. The van der Waals surface area contributed by atoms with Crippen molar-refractivity contribution in [3.05, 3.63) is 35.8 Å². The number of likely N-dealkylation sites (N-methyl/N-ethyl adjacent to an activating group) is 1. The highest BCUT2D eigenvalue weighted by molar-refractivity contribution is 7.22. The van der Waals surface area contributed by atoms with Gasteiger partial charge in [-0.25, -0.2) is 9.37 Å². The maximum absolute atomic E-state index is 13.6. The zero-order valence-electron chi connectivity index (χ0n) is 16.9. The maximum atomic E-state index is 13.6. The van der Waals surface area contributed by atoms with Crippen molar-refractivity contribution in [2.24, 2.45) is 7.05 Å². The number of nitrogens with zero attached hydrogens (tertiary/aromatic N) is 5. The number of halogens is 2. The quantitative estimate of drug-likeness (QED) is 0.534. The molecule has 2 aromatic heterocycles. The van der Waals surface area contributed by atoms with E-state index in [1.165, 1.54) is 30.6 Å². The van der Waals surface area contributed by atoms with Crippen LogP contribution in [0.25, 0.3) is 10.2 Å². The minimum Gasteiger partial charge on any atom is -0.479 e. The van der Waals surface area contributed by atoms with Crippen LogP contribution in [0, 0.1) is 5.82 Å². The van der Waals surface area contributed by atoms with Crippen LogP contribution >= 0.6 is 23.7 Å². The number of amides is 1. The topological polar surface area (TPSA) is 63.5 Å². The molecular weight excluding hydrogens is 417 g/mol. The average molecular weight is 442 g/mol. The SMILES string of the molecule is CCN(CC)CCN(C(=O)c1cn(C)nc1OC)c1nc2ccc(F)cc2s1.Cl. The van der Waals surface area contributed by atoms with Crippen molar-refractivity contribution in [2.45, 2.75) is 13.8 Å². The van der Waals surface area contributed by atoms with Crippen LogP contribution in [0.2, 0.25) is 0 Å². The molecular formula is C19H25ClFN5O2S. The number of anilines is 1. The zero-order valence-corrected chi connectivity index (χ0v) is 18.5. The summed E-state index contributed by atoms with van der Waals surface area (Å²) in [6.07, 6.45) is 1.64. The van der Waals surface area contributed by atoms with Gasteiger partial charge in [-0.05, 0) is 31.3 Å². The molecule has 7 nitrogen and oxygen atoms in total. The van der Waals surface area contributed by atoms with Crippen molar-refractivity contribution in [1.82, 2.24) is 19.7 Å². The van der Waals surface area contributed by atoms with E-state index in [0.717, 1.165) is 13.1 Å². The van der Waals surface area contributed by atoms with E-state index in [1.807, 2.05) is 0 Å². The number of hydrogen-bond acceptors (Lipinski definition) is 6. The lowest BCUT2D eigenvalue weighted by molar-refractivity contribution is 0.0981. The lowest BCUT2D eigenvalue weighted by Crippen LogP contribution is -2.38. The Bertz CT molecular complexity index is 973. The Balaban J connectivity index is 0.00000300. The molecule has 0 aliphatic rings. The molecule has 158 valence electrons. The number of rotatable bonds is 8. The smallest absolute Gasteiger partial charge is 0.267 e. The number of thiazole rings is 1. The molecule has 0 atom stereocenters. The molecule has 3 rings (SSSR count). The number of methoxy groups -OCH3 is 1. The molecule has 0 aliphatic heterocycles. The Morgan fingerprint density at radius 3 is 2.66 bits per heavy atom. The van der Waals surface area contributed by atoms with Crippen molar-refractivity contribution in [3.63, 3.8) is 0 Å². The summed E-state index contributed by atoms with van der Waals surface area (Å²) >= 11 is 1.30. The molecule has 1 aromatic carbocycles. The van der Waals surface area contributed by atoms with Gasteiger partial charge in [0.1, 0.15) is 11.4 Å². The van der Waals surface area contributed by atoms with Gasteiger partial charge < -0.3 is 9.64 Å². The van der Waals surface area contributed by atoms with Crippen LogP contribution in [0.15, 0.2) is 24.4 Å². The van der Waals surface area contributed by atoms with Gasteiger partial charge in [0.2, 0.25) is 5.88 Å². The van der Waals surface area contributed by atoms with Crippen molar-refractivity contribution < 1.29 is 13.9 Å². The van der Waals surface area contributed by atoms with Crippen LogP contribution in [0.1, 0.15) is 24.2 Å². The number of hydrogen-bond donors (Lipinski definition) is 0. The Labute approximate surface area is 179 Å². The average Bonchev–Trinajstić information content (AvgIpc) is 3.27. The third-order valence-electron chi connectivity index (χ3n) is 4.57. The van der Waals surface area contributed by atoms with E-state index >= 15 is 0 Å². The zero-order chi connectivity index (χ0) is 20.3. The predicted molar refractivity (Wildman–Crippen MR) is 116 cm³/mol. The van der Waals surface area contributed by atoms with Gasteiger partial charge in [0.05, 0.1) is 17.3 Å². The second-order valence-electron chi connectivity index (χ2n) is 6.32. The van der Waals surface area contributed by atoms with Crippen LogP contribution in [0.3, 0.4) is 0 Å². The Hall–Kier alpha value is -2.23. The van der Waals surface area contributed by atoms with Gasteiger partial charge >= 0.3 is 0 Å². The second kappa shape index (κ2) is 10.00. The van der Waals surface area contributed by atoms with Gasteiger partial charge in [-0.2, -0.15) is 0 Å². The van der Waals surface area contributed by atoms with Crippen molar-refractivity contribution in [3.8, 4) is 5.88 Å². The lowest BCUT2D eigenvalue weighted by Gasteiger charge is -2.24. The van der Waals surface area contributed by atoms with Crippen LogP contribution in [-0.2, 0) is 7.05 Å². The number of benzene rings is 1. The maximum Gasteiger partial charge on any atom is 0.267 e. The van der Waals surface area contributed by atoms with Gasteiger partial charge in [-0.3, -0.25) is 14.4 Å². The lowest BCUT2D eigenvalue weighted by atomic mass is 10.3. The predicted octanol–water partition coefficient (Wildman–Crippen LogP) is 3.59. The molecule has 0 spiro atoms. The van der Waals surface area contributed by atoms with Crippen LogP contribution in [-0.4, -0.2) is 58.9 Å². The van der Waals surface area contributed by atoms with E-state index < -0.39 is 0 Å². The highest BCUT2D eigenvalue weighted by atomic mass is 35.5. The molecule has 0 N–H and O–H groups in total. The number of carbonyl (C=O) groups is 1. The third kappa shape index (κ3) is 5.04. The summed E-state index contributed by atoms with van der Waals surface area (Å²) in [5.41, 5.74) is 1.04. The van der Waals surface area contributed by atoms with E-state index in [-0.39, 0.29) is 30.0 Å². The molecule has 0 bridgehead atoms. The molecule has 29 heavy (non-hydrogen) atoms. The molecule has 3 aromatic rings. The number of aromatic nitrogens is 3. The van der Waals surface area contributed by atoms with E-state index in [0.29, 0.717) is 34.0 Å². The second-order valence-corrected chi connectivity index (χ2v) is 7.33. The Kier molecular flexibility index (Phi) is 7.95. The first-order valence-corrected chi connectivity index (χ1v) is 9.96. The Morgan fingerprint density at radius 2 is 2.00 bits per heavy atom. The van der Waals surface area contributed by atoms with Gasteiger partial charge in [0.25, 0.3) is 5.91 Å². The van der Waals surface area contributed by atoms with E-state index in [2.05, 4.69) is 28.8 Å². The molecule has 10 heteroatoms. The summed E-state index contributed by atoms with van der Waals surface area (Å²) in [5.74, 6) is -0.290. The molecule has 0 fully saturated rings. The number of aryl methyl sites for hydroxylation is 1. The van der Waals surface area contributed by atoms with Crippen LogP contribution in [0.4, 0.5) is 9.52 Å². The monoisotopic (exact) mass is 441 g/mol. The van der Waals surface area contributed by atoms with Crippen molar-refractivity contribution in [2.75, 3.05) is 38.2 Å². The van der Waals surface area contributed by atoms with Crippen LogP contribution < -0.4 is 9.64 Å². The Morgan fingerprint density at radius 1 is 1.28 bits per heavy atom. The fourth-order valence-electron chi connectivity index (χ4n) is 2.98. The van der Waals surface area contributed by atoms with Gasteiger partial charge in [-0.15, -0.1) is 17.5 Å². The van der Waals surface area contributed by atoms with E-state index in [9.17, 15) is 9.18 Å². The summed E-state index contributed by atoms with van der Waals surface area (Å²) in [6, 6.07) is 4.44. The summed E-state index contributed by atoms with van der Waals surface area (Å²) in [7, 11) is 3.22. The molecule has 0 saturated carbocycles. The summed E-state index contributed by atoms with van der Waals surface area (Å²) in [6.45, 7) is 7.10. The fraction of sp³-hybridized carbons (Fsp3) is 0.421. The highest BCUT2D eigenvalue weighted by Gasteiger charge is 2.26. The first kappa shape index (κ1) is 23.1. The summed E-state index contributed by atoms with van der Waals surface area (Å²) < 4.78 is 21.1. The van der Waals surface area contributed by atoms with Crippen molar-refractivity contribution >= 4 is 45.0 Å². The van der Waals surface area contributed by atoms with Gasteiger partial charge in [0.15, 0.2) is 5.13 Å². The van der Waals surface area contributed by atoms with E-state index in [4.69, 9.17) is 4.74 Å². The number of ether oxygens (including phenoxy) is 1. The number of carbonyl (C=O) groups excluding carboxylic acids is 1. The van der Waals surface area contributed by atoms with E-state index in [1.54, 1.807) is 28.9 Å². The molecule has 0 radical (unpaired) electrons. The summed E-state index contributed by atoms with van der Waals surface area (Å²) in [5, 5.41) is 4.71. The first-order valence-electron chi connectivity index (χ1n) is 9.14. The van der Waals surface area contributed by atoms with Crippen LogP contribution in [0.5, 0.6) is 5.88 Å². The minimum absolute atomic E-state index is 0. The fourth-order valence-corrected chi connectivity index (χ4v) is 3.99. The standard InChI is InChI=1S/C19H24FN5O2S.ClH/c1-5-24(6-2)9-10-25(18(26)14-12-23(3)22-17(14)27-4)19-21-15-8-7-13(20)11-16(15)28-19;/h7-8,11-12H,5-6,9-10H2,1-4H3;1H. The van der Waals surface area contributed by atoms with Crippen molar-refractivity contribution in [1.29, 1.82) is 0 Å². The van der Waals surface area contributed by atoms with Gasteiger partial charge in [-0.1, -0.05) is 25.2 Å². The third-order valence-corrected chi connectivity index (χ3v) is 5.61. The van der Waals surface area contributed by atoms with Gasteiger partial charge in [0, 0.05) is 26.3 Å². The molecule has 2 heterocycles. The molecule has 0 unspecified atom stereocenters. The first-order chi connectivity index (χ1) is 13.5. The molecule has 0 saturated heterocycles. The number of fused-ring (bicyclic) bond motifs is 1. The highest BCUT2D eigenvalue weighted by Crippen LogP contribution is 2.31. The minimum atomic E-state index is -0.322.